The van der Waals surface area contributed by atoms with Crippen LogP contribution in [-0.4, -0.2) is 122 Å². The van der Waals surface area contributed by atoms with Gasteiger partial charge in [-0.05, 0) is 38.5 Å². The average Bonchev–Trinajstić information content (AvgIpc) is 3.77. The number of primary amides is 1. The fourth-order valence-corrected chi connectivity index (χ4v) is 7.11. The molecule has 1 unspecified atom stereocenters. The van der Waals surface area contributed by atoms with E-state index in [-0.39, 0.29) is 63.0 Å². The number of nitrogens with two attached hydrogens (primary N) is 2. The number of aliphatic carboxylic acids is 1. The average molecular weight is 895 g/mol. The molecule has 1 aromatic heterocycles. The van der Waals surface area contributed by atoms with Gasteiger partial charge in [-0.3, -0.25) is 28.8 Å². The lowest BCUT2D eigenvalue weighted by molar-refractivity contribution is -0.137. The number of Topliss-reactive ketones (excluding diaryl/α,β-unsaturated/α-hetero) is 2. The highest BCUT2D eigenvalue weighted by atomic mass is 16.5. The first-order valence-electron chi connectivity index (χ1n) is 23.6. The first-order chi connectivity index (χ1) is 30.5. The zero-order chi connectivity index (χ0) is 46.2. The van der Waals surface area contributed by atoms with Gasteiger partial charge < -0.3 is 51.1 Å². The lowest BCUT2D eigenvalue weighted by Crippen LogP contribution is -2.38. The Bertz CT molecular complexity index is 1350. The number of ether oxygens (including phenoxy) is 4. The van der Waals surface area contributed by atoms with E-state index in [4.69, 9.17) is 35.5 Å². The van der Waals surface area contributed by atoms with Gasteiger partial charge in [0.15, 0.2) is 5.78 Å². The van der Waals surface area contributed by atoms with Crippen molar-refractivity contribution in [1.29, 1.82) is 0 Å². The first-order valence-corrected chi connectivity index (χ1v) is 23.6. The molecule has 362 valence electrons. The number of imidazole rings is 1. The van der Waals surface area contributed by atoms with Crippen LogP contribution < -0.4 is 22.1 Å². The van der Waals surface area contributed by atoms with Gasteiger partial charge in [0.25, 0.3) is 0 Å². The highest BCUT2D eigenvalue weighted by Crippen LogP contribution is 2.20. The summed E-state index contributed by atoms with van der Waals surface area (Å²) in [6.45, 7) is 4.15. The summed E-state index contributed by atoms with van der Waals surface area (Å²) in [5.41, 5.74) is 12.4. The number of nitrogens with one attached hydrogen (secondary N) is 3. The van der Waals surface area contributed by atoms with Gasteiger partial charge in [0.2, 0.25) is 17.7 Å². The Kier molecular flexibility index (Phi) is 36.2. The third-order valence-electron chi connectivity index (χ3n) is 10.8. The zero-order valence-electron chi connectivity index (χ0n) is 38.4. The van der Waals surface area contributed by atoms with Crippen LogP contribution >= 0.6 is 0 Å². The molecule has 3 atom stereocenters. The van der Waals surface area contributed by atoms with E-state index in [0.29, 0.717) is 84.1 Å². The molecule has 63 heavy (non-hydrogen) atoms. The van der Waals surface area contributed by atoms with E-state index in [1.54, 1.807) is 13.1 Å². The van der Waals surface area contributed by atoms with Gasteiger partial charge in [-0.2, -0.15) is 0 Å². The molecule has 0 saturated heterocycles. The van der Waals surface area contributed by atoms with Crippen LogP contribution in [0.4, 0.5) is 0 Å². The van der Waals surface area contributed by atoms with Crippen molar-refractivity contribution in [3.05, 3.63) is 18.2 Å². The quantitative estimate of drug-likeness (QED) is 0.0465. The molecule has 3 amide bonds. The van der Waals surface area contributed by atoms with Gasteiger partial charge in [0.05, 0.1) is 45.4 Å². The summed E-state index contributed by atoms with van der Waals surface area (Å²) in [6, 6.07) is -0.696. The van der Waals surface area contributed by atoms with E-state index in [9.17, 15) is 28.8 Å². The topological polar surface area (TPSA) is 264 Å². The van der Waals surface area contributed by atoms with Crippen LogP contribution in [0.15, 0.2) is 12.5 Å². The van der Waals surface area contributed by atoms with Gasteiger partial charge >= 0.3 is 5.97 Å². The van der Waals surface area contributed by atoms with Crippen molar-refractivity contribution in [3.63, 3.8) is 0 Å². The van der Waals surface area contributed by atoms with E-state index < -0.39 is 29.8 Å². The van der Waals surface area contributed by atoms with Crippen molar-refractivity contribution in [2.24, 2.45) is 23.3 Å². The number of rotatable bonds is 46. The van der Waals surface area contributed by atoms with Crippen molar-refractivity contribution in [1.82, 2.24) is 20.6 Å². The Morgan fingerprint density at radius 2 is 1.16 bits per heavy atom. The first kappa shape index (κ1) is 57.2. The van der Waals surface area contributed by atoms with Crippen LogP contribution in [0.25, 0.3) is 0 Å². The maximum absolute atomic E-state index is 12.7. The number of carbonyl (C=O) groups is 6. The maximum Gasteiger partial charge on any atom is 0.303 e. The number of aromatic amines is 1. The largest absolute Gasteiger partial charge is 0.481 e. The Hall–Kier alpha value is -3.77. The van der Waals surface area contributed by atoms with Gasteiger partial charge in [-0.15, -0.1) is 0 Å². The predicted octanol–water partition coefficient (Wildman–Crippen LogP) is 5.12. The lowest BCUT2D eigenvalue weighted by atomic mass is 9.86. The Balaban J connectivity index is 1.85. The maximum atomic E-state index is 12.7. The number of nitrogens with zero attached hydrogens (tertiary/aromatic N) is 1. The number of unbranched alkanes of at least 4 members (excludes halogenated alkanes) is 14. The fraction of sp³-hybridized carbons (Fsp3) is 0.804. The molecule has 0 aliphatic carbocycles. The number of carbonyl (C=O) groups excluding carboxylic acids is 5. The molecule has 17 heteroatoms. The smallest absolute Gasteiger partial charge is 0.303 e. The second-order valence-electron chi connectivity index (χ2n) is 16.5. The number of aromatic nitrogens is 2. The third-order valence-corrected chi connectivity index (χ3v) is 10.8. The van der Waals surface area contributed by atoms with Gasteiger partial charge in [0.1, 0.15) is 19.0 Å². The van der Waals surface area contributed by atoms with Gasteiger partial charge in [-0.1, -0.05) is 90.4 Å². The Labute approximate surface area is 376 Å². The minimum absolute atomic E-state index is 0.0884. The number of H-pyrrole nitrogens is 1. The van der Waals surface area contributed by atoms with Crippen molar-refractivity contribution >= 4 is 35.3 Å². The highest BCUT2D eigenvalue weighted by molar-refractivity contribution is 5.87. The van der Waals surface area contributed by atoms with E-state index in [2.05, 4.69) is 20.6 Å². The number of ketones is 2. The number of hydrogen-bond acceptors (Lipinski definition) is 12. The standard InChI is InChI=1S/C46H82N6O11/c1-37(45(58)41(47)32-39-33-49-36-52-39)31-38(46(48)59)19-16-17-23-50-42(54)34-63-30-28-61-26-24-51-43(55)35-62-29-27-60-25-18-21-40(53)20-14-12-10-8-6-4-2-3-5-7-9-11-13-15-22-44(56)57/h33,36-38,41H,2-32,34-35,47H2,1H3,(H2,48,59)(H,49,52)(H,50,54)(H,51,55)(H,56,57)/t37?,38-,41+/m1/s1. The highest BCUT2D eigenvalue weighted by Gasteiger charge is 2.26. The molecule has 0 aliphatic rings. The molecular formula is C46H82N6O11. The molecular weight excluding hydrogens is 813 g/mol. The fourth-order valence-electron chi connectivity index (χ4n) is 7.11. The normalized spacial score (nSPS) is 12.7. The zero-order valence-corrected chi connectivity index (χ0v) is 38.4. The Morgan fingerprint density at radius 1 is 0.651 bits per heavy atom. The van der Waals surface area contributed by atoms with Gasteiger partial charge in [0, 0.05) is 69.1 Å². The molecule has 17 nitrogen and oxygen atoms in total. The van der Waals surface area contributed by atoms with Crippen molar-refractivity contribution in [2.75, 3.05) is 65.9 Å². The minimum atomic E-state index is -0.696. The Morgan fingerprint density at radius 3 is 1.70 bits per heavy atom. The summed E-state index contributed by atoms with van der Waals surface area (Å²) in [4.78, 5) is 78.3. The van der Waals surface area contributed by atoms with Crippen molar-refractivity contribution in [3.8, 4) is 0 Å². The van der Waals surface area contributed by atoms with E-state index in [1.165, 1.54) is 64.1 Å². The van der Waals surface area contributed by atoms with E-state index >= 15 is 0 Å². The minimum Gasteiger partial charge on any atom is -0.481 e. The van der Waals surface area contributed by atoms with Crippen molar-refractivity contribution < 1.29 is 52.8 Å². The molecule has 0 fully saturated rings. The number of amides is 3. The third kappa shape index (κ3) is 35.3. The molecule has 0 aromatic carbocycles. The van der Waals surface area contributed by atoms with Crippen LogP contribution in [0, 0.1) is 11.8 Å². The lowest BCUT2D eigenvalue weighted by Gasteiger charge is -2.20. The predicted molar refractivity (Wildman–Crippen MR) is 241 cm³/mol. The molecule has 8 N–H and O–H groups in total. The molecule has 0 saturated carbocycles. The SMILES string of the molecule is CC(C[C@@H](CCCCNC(=O)COCCOCCNC(=O)COCCOCCCC(=O)CCCCCCCCCCCCCCCCC(=O)O)C(N)=O)C(=O)[C@@H](N)Cc1cnc[nH]1. The number of hydrogen-bond donors (Lipinski definition) is 6. The molecule has 0 radical (unpaired) electrons. The summed E-state index contributed by atoms with van der Waals surface area (Å²) in [5, 5.41) is 14.1. The van der Waals surface area contributed by atoms with Crippen LogP contribution in [0.5, 0.6) is 0 Å². The molecule has 1 aromatic rings. The summed E-state index contributed by atoms with van der Waals surface area (Å²) in [6.07, 6.45) is 24.1. The molecule has 0 aliphatic heterocycles. The summed E-state index contributed by atoms with van der Waals surface area (Å²) >= 11 is 0. The molecule has 0 bridgehead atoms. The monoisotopic (exact) mass is 895 g/mol. The molecule has 1 heterocycles. The van der Waals surface area contributed by atoms with E-state index in [0.717, 1.165) is 37.8 Å². The molecule has 0 spiro atoms. The van der Waals surface area contributed by atoms with Crippen LogP contribution in [0.3, 0.4) is 0 Å². The second kappa shape index (κ2) is 39.8. The van der Waals surface area contributed by atoms with Crippen LogP contribution in [0.1, 0.15) is 154 Å². The summed E-state index contributed by atoms with van der Waals surface area (Å²) in [5.74, 6) is -2.40. The van der Waals surface area contributed by atoms with Crippen LogP contribution in [0.2, 0.25) is 0 Å². The second-order valence-corrected chi connectivity index (χ2v) is 16.5. The van der Waals surface area contributed by atoms with E-state index in [1.807, 2.05) is 0 Å². The van der Waals surface area contributed by atoms with Crippen molar-refractivity contribution in [2.45, 2.75) is 161 Å². The number of carboxylic acids is 1. The summed E-state index contributed by atoms with van der Waals surface area (Å²) in [7, 11) is 0. The summed E-state index contributed by atoms with van der Waals surface area (Å²) < 4.78 is 21.7. The van der Waals surface area contributed by atoms with Crippen LogP contribution in [-0.2, 0) is 54.1 Å². The van der Waals surface area contributed by atoms with Gasteiger partial charge in [-0.25, -0.2) is 4.98 Å². The number of carboxylic acid groups (broad SMARTS) is 1. The molecule has 1 rings (SSSR count).